The van der Waals surface area contributed by atoms with Crippen molar-refractivity contribution >= 4 is 18.4 Å². The average molecular weight is 167 g/mol. The lowest BCUT2D eigenvalue weighted by molar-refractivity contribution is -0.142. The van der Waals surface area contributed by atoms with Crippen molar-refractivity contribution in [2.75, 3.05) is 13.1 Å². The predicted octanol–water partition coefficient (Wildman–Crippen LogP) is -0.816. The van der Waals surface area contributed by atoms with Crippen LogP contribution < -0.4 is 11.1 Å². The van der Waals surface area contributed by atoms with E-state index in [1.54, 1.807) is 0 Å². The Morgan fingerprint density at radius 2 is 2.30 bits per heavy atom. The van der Waals surface area contributed by atoms with Gasteiger partial charge in [0, 0.05) is 6.54 Å². The second-order valence-electron chi connectivity index (χ2n) is 2.39. The minimum absolute atomic E-state index is 0. The van der Waals surface area contributed by atoms with Crippen LogP contribution in [0.5, 0.6) is 0 Å². The van der Waals surface area contributed by atoms with Gasteiger partial charge in [0.1, 0.15) is 5.54 Å². The molecule has 0 aromatic heterocycles. The molecule has 0 radical (unpaired) electrons. The van der Waals surface area contributed by atoms with Crippen molar-refractivity contribution in [1.82, 2.24) is 5.32 Å². The first-order valence-corrected chi connectivity index (χ1v) is 2.88. The molecule has 0 spiro atoms. The van der Waals surface area contributed by atoms with Gasteiger partial charge in [-0.2, -0.15) is 0 Å². The fourth-order valence-corrected chi connectivity index (χ4v) is 0.894. The lowest BCUT2D eigenvalue weighted by atomic mass is 10.0. The monoisotopic (exact) mass is 166 g/mol. The van der Waals surface area contributed by atoms with Gasteiger partial charge in [0.15, 0.2) is 0 Å². The molecule has 0 aliphatic carbocycles. The molecule has 1 saturated heterocycles. The van der Waals surface area contributed by atoms with Crippen molar-refractivity contribution in [2.24, 2.45) is 5.73 Å². The normalized spacial score (nSPS) is 31.3. The standard InChI is InChI=1S/C5H10N2O2.ClH/c6-5(4(8)9)1-2-7-3-5;/h7H,1-3,6H2,(H,8,9);1H. The first-order valence-electron chi connectivity index (χ1n) is 2.88. The summed E-state index contributed by atoms with van der Waals surface area (Å²) in [6.07, 6.45) is 0.530. The summed E-state index contributed by atoms with van der Waals surface area (Å²) in [4.78, 5) is 10.4. The highest BCUT2D eigenvalue weighted by atomic mass is 35.5. The lowest BCUT2D eigenvalue weighted by Gasteiger charge is -2.14. The summed E-state index contributed by atoms with van der Waals surface area (Å²) in [7, 11) is 0. The van der Waals surface area contributed by atoms with E-state index < -0.39 is 11.5 Å². The molecule has 60 valence electrons. The smallest absolute Gasteiger partial charge is 0.325 e. The number of rotatable bonds is 1. The number of carboxylic acids is 1. The maximum atomic E-state index is 10.4. The van der Waals surface area contributed by atoms with Crippen LogP contribution in [0.15, 0.2) is 0 Å². The van der Waals surface area contributed by atoms with Crippen LogP contribution in [-0.4, -0.2) is 29.7 Å². The molecule has 1 aliphatic heterocycles. The maximum Gasteiger partial charge on any atom is 0.325 e. The van der Waals surface area contributed by atoms with Gasteiger partial charge in [-0.15, -0.1) is 12.4 Å². The molecule has 1 fully saturated rings. The van der Waals surface area contributed by atoms with E-state index >= 15 is 0 Å². The van der Waals surface area contributed by atoms with Crippen molar-refractivity contribution in [3.63, 3.8) is 0 Å². The van der Waals surface area contributed by atoms with Gasteiger partial charge in [0.05, 0.1) is 0 Å². The molecule has 1 rings (SSSR count). The van der Waals surface area contributed by atoms with E-state index in [2.05, 4.69) is 5.32 Å². The Bertz CT molecular complexity index is 134. The maximum absolute atomic E-state index is 10.4. The fourth-order valence-electron chi connectivity index (χ4n) is 0.894. The van der Waals surface area contributed by atoms with Crippen LogP contribution in [0.4, 0.5) is 0 Å². The fraction of sp³-hybridized carbons (Fsp3) is 0.800. The van der Waals surface area contributed by atoms with Gasteiger partial charge in [-0.1, -0.05) is 0 Å². The van der Waals surface area contributed by atoms with Gasteiger partial charge in [0.25, 0.3) is 0 Å². The quantitative estimate of drug-likeness (QED) is 0.476. The van der Waals surface area contributed by atoms with E-state index in [0.717, 1.165) is 0 Å². The van der Waals surface area contributed by atoms with Crippen LogP contribution >= 0.6 is 12.4 Å². The Balaban J connectivity index is 0.000000810. The van der Waals surface area contributed by atoms with Crippen molar-refractivity contribution in [3.8, 4) is 0 Å². The van der Waals surface area contributed by atoms with Gasteiger partial charge in [-0.05, 0) is 13.0 Å². The first-order chi connectivity index (χ1) is 4.15. The van der Waals surface area contributed by atoms with Crippen LogP contribution in [-0.2, 0) is 4.79 Å². The molecule has 0 saturated carbocycles. The van der Waals surface area contributed by atoms with Gasteiger partial charge in [-0.25, -0.2) is 0 Å². The highest BCUT2D eigenvalue weighted by Crippen LogP contribution is 2.09. The zero-order valence-electron chi connectivity index (χ0n) is 5.46. The van der Waals surface area contributed by atoms with E-state index in [1.165, 1.54) is 0 Å². The molecule has 10 heavy (non-hydrogen) atoms. The third-order valence-corrected chi connectivity index (χ3v) is 1.61. The molecular weight excluding hydrogens is 156 g/mol. The number of nitrogens with one attached hydrogen (secondary N) is 1. The lowest BCUT2D eigenvalue weighted by Crippen LogP contribution is -2.49. The van der Waals surface area contributed by atoms with Crippen molar-refractivity contribution in [1.29, 1.82) is 0 Å². The molecule has 4 nitrogen and oxygen atoms in total. The van der Waals surface area contributed by atoms with E-state index in [-0.39, 0.29) is 12.4 Å². The SMILES string of the molecule is Cl.NC1(C(=O)O)CCNC1. The molecule has 0 bridgehead atoms. The molecule has 0 aromatic carbocycles. The number of aliphatic carboxylic acids is 1. The van der Waals surface area contributed by atoms with E-state index in [1.807, 2.05) is 0 Å². The molecule has 0 aromatic rings. The van der Waals surface area contributed by atoms with Crippen LogP contribution in [0.3, 0.4) is 0 Å². The first kappa shape index (κ1) is 9.68. The Morgan fingerprint density at radius 3 is 2.50 bits per heavy atom. The van der Waals surface area contributed by atoms with Crippen LogP contribution in [0, 0.1) is 0 Å². The second-order valence-corrected chi connectivity index (χ2v) is 2.39. The Kier molecular flexibility index (Phi) is 3.08. The molecule has 4 N–H and O–H groups in total. The number of nitrogens with two attached hydrogens (primary N) is 1. The number of carbonyl (C=O) groups is 1. The van der Waals surface area contributed by atoms with Gasteiger partial charge in [-0.3, -0.25) is 4.79 Å². The highest BCUT2D eigenvalue weighted by Gasteiger charge is 2.36. The minimum Gasteiger partial charge on any atom is -0.480 e. The molecule has 5 heteroatoms. The highest BCUT2D eigenvalue weighted by molar-refractivity contribution is 5.85. The molecule has 0 amide bonds. The zero-order chi connectivity index (χ0) is 6.91. The van der Waals surface area contributed by atoms with Gasteiger partial charge in [0.2, 0.25) is 0 Å². The van der Waals surface area contributed by atoms with E-state index in [9.17, 15) is 4.79 Å². The molecular formula is C5H11ClN2O2. The number of hydrogen-bond acceptors (Lipinski definition) is 3. The minimum atomic E-state index is -1.00. The Morgan fingerprint density at radius 1 is 1.70 bits per heavy atom. The topological polar surface area (TPSA) is 75.4 Å². The van der Waals surface area contributed by atoms with Crippen LogP contribution in [0.25, 0.3) is 0 Å². The second kappa shape index (κ2) is 3.18. The summed E-state index contributed by atoms with van der Waals surface area (Å²) in [6, 6.07) is 0. The largest absolute Gasteiger partial charge is 0.480 e. The van der Waals surface area contributed by atoms with Gasteiger partial charge < -0.3 is 16.2 Å². The Hall–Kier alpha value is -0.320. The zero-order valence-corrected chi connectivity index (χ0v) is 6.28. The van der Waals surface area contributed by atoms with E-state index in [0.29, 0.717) is 19.5 Å². The van der Waals surface area contributed by atoms with Crippen LogP contribution in [0.2, 0.25) is 0 Å². The molecule has 1 atom stereocenters. The summed E-state index contributed by atoms with van der Waals surface area (Å²) in [5.41, 5.74) is 4.44. The summed E-state index contributed by atoms with van der Waals surface area (Å²) < 4.78 is 0. The third kappa shape index (κ3) is 1.59. The molecule has 1 unspecified atom stereocenters. The summed E-state index contributed by atoms with van der Waals surface area (Å²) in [5.74, 6) is -0.910. The predicted molar refractivity (Wildman–Crippen MR) is 39.3 cm³/mol. The van der Waals surface area contributed by atoms with E-state index in [4.69, 9.17) is 10.8 Å². The molecule has 1 aliphatic rings. The summed E-state index contributed by atoms with van der Waals surface area (Å²) in [6.45, 7) is 1.10. The number of carboxylic acid groups (broad SMARTS) is 1. The third-order valence-electron chi connectivity index (χ3n) is 1.61. The Labute approximate surface area is 65.2 Å². The van der Waals surface area contributed by atoms with Crippen molar-refractivity contribution < 1.29 is 9.90 Å². The van der Waals surface area contributed by atoms with Gasteiger partial charge >= 0.3 is 5.97 Å². The summed E-state index contributed by atoms with van der Waals surface area (Å²) >= 11 is 0. The number of hydrogen-bond donors (Lipinski definition) is 3. The number of halogens is 1. The van der Waals surface area contributed by atoms with Crippen LogP contribution in [0.1, 0.15) is 6.42 Å². The van der Waals surface area contributed by atoms with Crippen molar-refractivity contribution in [3.05, 3.63) is 0 Å². The van der Waals surface area contributed by atoms with Crippen molar-refractivity contribution in [2.45, 2.75) is 12.0 Å². The molecule has 1 heterocycles. The average Bonchev–Trinajstić information content (AvgIpc) is 2.16. The summed E-state index contributed by atoms with van der Waals surface area (Å²) in [5, 5.41) is 11.4.